The van der Waals surface area contributed by atoms with E-state index in [1.54, 1.807) is 6.92 Å². The first-order valence-electron chi connectivity index (χ1n) is 4.57. The number of nitriles is 1. The number of nitrogens with zero attached hydrogens (tertiary/aromatic N) is 2. The number of allylic oxidation sites excluding steroid dienone is 1. The largest absolute Gasteiger partial charge is 0.220 e. The summed E-state index contributed by atoms with van der Waals surface area (Å²) >= 11 is 0. The average Bonchev–Trinajstić information content (AvgIpc) is 2.76. The van der Waals surface area contributed by atoms with Crippen LogP contribution in [-0.2, 0) is 10.0 Å². The third-order valence-corrected chi connectivity index (χ3v) is 5.54. The van der Waals surface area contributed by atoms with Gasteiger partial charge in [0.15, 0.2) is 0 Å². The molecule has 1 saturated heterocycles. The van der Waals surface area contributed by atoms with E-state index in [0.29, 0.717) is 13.1 Å². The molecule has 1 aliphatic heterocycles. The van der Waals surface area contributed by atoms with Crippen LogP contribution in [0.25, 0.3) is 0 Å². The molecule has 2 rings (SSSR count). The van der Waals surface area contributed by atoms with Gasteiger partial charge in [0.2, 0.25) is 10.0 Å². The van der Waals surface area contributed by atoms with Crippen LogP contribution in [-0.4, -0.2) is 30.6 Å². The molecule has 5 heteroatoms. The van der Waals surface area contributed by atoms with E-state index in [9.17, 15) is 8.42 Å². The van der Waals surface area contributed by atoms with Gasteiger partial charge in [-0.3, -0.25) is 0 Å². The van der Waals surface area contributed by atoms with Crippen LogP contribution in [0.1, 0.15) is 19.8 Å². The molecule has 0 bridgehead atoms. The quantitative estimate of drug-likeness (QED) is 0.631. The van der Waals surface area contributed by atoms with Crippen LogP contribution < -0.4 is 0 Å². The van der Waals surface area contributed by atoms with E-state index in [0.717, 1.165) is 18.4 Å². The highest BCUT2D eigenvalue weighted by Gasteiger charge is 2.54. The third-order valence-electron chi connectivity index (χ3n) is 2.94. The zero-order valence-corrected chi connectivity index (χ0v) is 8.84. The molecule has 2 fully saturated rings. The molecule has 0 aromatic carbocycles. The Hall–Kier alpha value is -0.860. The lowest BCUT2D eigenvalue weighted by Gasteiger charge is -2.34. The van der Waals surface area contributed by atoms with Gasteiger partial charge in [-0.2, -0.15) is 9.57 Å². The van der Waals surface area contributed by atoms with Crippen molar-refractivity contribution in [1.82, 2.24) is 4.31 Å². The summed E-state index contributed by atoms with van der Waals surface area (Å²) in [5.41, 5.74) is 0.903. The van der Waals surface area contributed by atoms with Crippen molar-refractivity contribution < 1.29 is 8.42 Å². The highest BCUT2D eigenvalue weighted by molar-refractivity contribution is 7.90. The van der Waals surface area contributed by atoms with Crippen molar-refractivity contribution in [3.8, 4) is 6.07 Å². The van der Waals surface area contributed by atoms with Gasteiger partial charge >= 0.3 is 0 Å². The molecule has 14 heavy (non-hydrogen) atoms. The van der Waals surface area contributed by atoms with Crippen LogP contribution in [0.2, 0.25) is 0 Å². The van der Waals surface area contributed by atoms with Crippen molar-refractivity contribution in [3.05, 3.63) is 11.6 Å². The fourth-order valence-electron chi connectivity index (χ4n) is 1.50. The molecular weight excluding hydrogens is 200 g/mol. The monoisotopic (exact) mass is 212 g/mol. The molecule has 0 N–H and O–H groups in total. The lowest BCUT2D eigenvalue weighted by atomic mass is 10.1. The maximum absolute atomic E-state index is 11.9. The summed E-state index contributed by atoms with van der Waals surface area (Å²) in [6.45, 7) is 2.60. The molecule has 0 amide bonds. The highest BCUT2D eigenvalue weighted by Crippen LogP contribution is 2.45. The van der Waals surface area contributed by atoms with Gasteiger partial charge in [0.05, 0.1) is 10.8 Å². The molecule has 1 aliphatic carbocycles. The molecule has 0 unspecified atom stereocenters. The lowest BCUT2D eigenvalue weighted by Crippen LogP contribution is -2.48. The molecule has 0 atom stereocenters. The number of sulfonamides is 1. The number of rotatable bonds is 2. The van der Waals surface area contributed by atoms with E-state index in [1.165, 1.54) is 10.4 Å². The maximum atomic E-state index is 11.9. The van der Waals surface area contributed by atoms with Gasteiger partial charge in [-0.15, -0.1) is 0 Å². The van der Waals surface area contributed by atoms with Crippen molar-refractivity contribution >= 4 is 10.0 Å². The lowest BCUT2D eigenvalue weighted by molar-refractivity contribution is 0.384. The Balaban J connectivity index is 2.08. The molecular formula is C9H12N2O2S. The Bertz CT molecular complexity index is 418. The van der Waals surface area contributed by atoms with Crippen LogP contribution in [0.15, 0.2) is 11.6 Å². The number of hydrogen-bond acceptors (Lipinski definition) is 3. The molecule has 0 aromatic heterocycles. The van der Waals surface area contributed by atoms with E-state index < -0.39 is 14.8 Å². The van der Waals surface area contributed by atoms with Crippen molar-refractivity contribution in [2.45, 2.75) is 24.5 Å². The molecule has 4 nitrogen and oxygen atoms in total. The summed E-state index contributed by atoms with van der Waals surface area (Å²) < 4.78 is 24.7. The Morgan fingerprint density at radius 1 is 1.50 bits per heavy atom. The van der Waals surface area contributed by atoms with E-state index in [1.807, 2.05) is 6.07 Å². The first-order valence-corrected chi connectivity index (χ1v) is 6.01. The van der Waals surface area contributed by atoms with Crippen molar-refractivity contribution in [1.29, 1.82) is 5.26 Å². The summed E-state index contributed by atoms with van der Waals surface area (Å²) in [4.78, 5) is 0. The Morgan fingerprint density at radius 3 is 2.50 bits per heavy atom. The summed E-state index contributed by atoms with van der Waals surface area (Å²) in [7, 11) is -3.10. The van der Waals surface area contributed by atoms with E-state index in [4.69, 9.17) is 5.26 Å². The molecule has 1 heterocycles. The van der Waals surface area contributed by atoms with Crippen LogP contribution in [0.5, 0.6) is 0 Å². The van der Waals surface area contributed by atoms with E-state index in [-0.39, 0.29) is 0 Å². The Labute approximate surface area is 83.9 Å². The minimum absolute atomic E-state index is 0.408. The zero-order chi connectivity index (χ0) is 10.4. The topological polar surface area (TPSA) is 61.2 Å². The molecule has 0 radical (unpaired) electrons. The highest BCUT2D eigenvalue weighted by atomic mass is 32.2. The van der Waals surface area contributed by atoms with E-state index >= 15 is 0 Å². The van der Waals surface area contributed by atoms with Gasteiger partial charge in [0.25, 0.3) is 0 Å². The molecule has 2 aliphatic rings. The van der Waals surface area contributed by atoms with Gasteiger partial charge in [-0.05, 0) is 25.3 Å². The second kappa shape index (κ2) is 2.81. The minimum Gasteiger partial charge on any atom is -0.212 e. The fraction of sp³-hybridized carbons (Fsp3) is 0.667. The predicted molar refractivity (Wildman–Crippen MR) is 51.8 cm³/mol. The van der Waals surface area contributed by atoms with Gasteiger partial charge in [0.1, 0.15) is 0 Å². The second-order valence-electron chi connectivity index (χ2n) is 4.15. The Morgan fingerprint density at radius 2 is 2.07 bits per heavy atom. The minimum atomic E-state index is -3.10. The molecule has 1 saturated carbocycles. The first-order chi connectivity index (χ1) is 6.49. The van der Waals surface area contributed by atoms with Crippen LogP contribution >= 0.6 is 0 Å². The maximum Gasteiger partial charge on any atom is 0.220 e. The fourth-order valence-corrected chi connectivity index (χ4v) is 3.42. The summed E-state index contributed by atoms with van der Waals surface area (Å²) in [6.07, 6.45) is 2.97. The number of hydrogen-bond donors (Lipinski definition) is 0. The predicted octanol–water partition coefficient (Wildman–Crippen LogP) is 0.634. The van der Waals surface area contributed by atoms with Crippen LogP contribution in [0, 0.1) is 11.3 Å². The smallest absolute Gasteiger partial charge is 0.212 e. The van der Waals surface area contributed by atoms with Gasteiger partial charge in [-0.1, -0.05) is 0 Å². The normalized spacial score (nSPS) is 25.0. The zero-order valence-electron chi connectivity index (χ0n) is 8.02. The van der Waals surface area contributed by atoms with Gasteiger partial charge < -0.3 is 0 Å². The first kappa shape index (κ1) is 9.69. The van der Waals surface area contributed by atoms with Crippen LogP contribution in [0.3, 0.4) is 0 Å². The van der Waals surface area contributed by atoms with Crippen molar-refractivity contribution in [2.24, 2.45) is 0 Å². The van der Waals surface area contributed by atoms with Crippen LogP contribution in [0.4, 0.5) is 0 Å². The summed E-state index contributed by atoms with van der Waals surface area (Å²) in [6, 6.07) is 1.91. The SMILES string of the molecule is CC1(S(=O)(=O)N2CC(=CC#N)C2)CC1. The van der Waals surface area contributed by atoms with Crippen molar-refractivity contribution in [3.63, 3.8) is 0 Å². The molecule has 76 valence electrons. The standard InChI is InChI=1S/C9H12N2O2S/c1-9(3-4-9)14(12,13)11-6-8(7-11)2-5-10/h2H,3-4,6-7H2,1H3. The average molecular weight is 212 g/mol. The molecule has 0 aromatic rings. The summed E-state index contributed by atoms with van der Waals surface area (Å²) in [5.74, 6) is 0. The Kier molecular flexibility index (Phi) is 1.95. The van der Waals surface area contributed by atoms with Gasteiger partial charge in [0, 0.05) is 19.2 Å². The van der Waals surface area contributed by atoms with Crippen molar-refractivity contribution in [2.75, 3.05) is 13.1 Å². The summed E-state index contributed by atoms with van der Waals surface area (Å²) in [5, 5.41) is 8.37. The second-order valence-corrected chi connectivity index (χ2v) is 6.61. The molecule has 0 spiro atoms. The van der Waals surface area contributed by atoms with Gasteiger partial charge in [-0.25, -0.2) is 8.42 Å². The third kappa shape index (κ3) is 1.26. The van der Waals surface area contributed by atoms with E-state index in [2.05, 4.69) is 0 Å².